The van der Waals surface area contributed by atoms with Crippen molar-refractivity contribution < 1.29 is 26.0 Å². The molecule has 2 heterocycles. The highest BCUT2D eigenvalue weighted by Gasteiger charge is 2.36. The second-order valence-electron chi connectivity index (χ2n) is 9.20. The molecule has 0 aliphatic heterocycles. The van der Waals surface area contributed by atoms with Gasteiger partial charge in [0.15, 0.2) is 5.69 Å². The lowest BCUT2D eigenvalue weighted by Gasteiger charge is -2.20. The quantitative estimate of drug-likeness (QED) is 0.509. The molecule has 11 heteroatoms. The zero-order chi connectivity index (χ0) is 24.8. The normalized spacial score (nSPS) is 13.3. The number of halogens is 4. The molecular formula is C22H26F4N4O2S. The Morgan fingerprint density at radius 1 is 1.12 bits per heavy atom. The minimum absolute atomic E-state index is 0.104. The van der Waals surface area contributed by atoms with E-state index in [4.69, 9.17) is 0 Å². The maximum absolute atomic E-state index is 15.2. The van der Waals surface area contributed by atoms with Crippen LogP contribution in [0.25, 0.3) is 22.0 Å². The van der Waals surface area contributed by atoms with Crippen LogP contribution in [-0.2, 0) is 29.5 Å². The van der Waals surface area contributed by atoms with E-state index in [0.717, 1.165) is 16.6 Å². The summed E-state index contributed by atoms with van der Waals surface area (Å²) in [4.78, 5) is 3.43. The molecule has 3 rings (SSSR count). The number of fused-ring (bicyclic) bond motifs is 1. The lowest BCUT2D eigenvalue weighted by atomic mass is 9.96. The number of benzene rings is 1. The Bertz CT molecular complexity index is 1280. The summed E-state index contributed by atoms with van der Waals surface area (Å²) in [6.45, 7) is 6.34. The first-order valence-electron chi connectivity index (χ1n) is 10.1. The largest absolute Gasteiger partial charge is 0.433 e. The van der Waals surface area contributed by atoms with Crippen molar-refractivity contribution in [1.29, 1.82) is 0 Å². The van der Waals surface area contributed by atoms with Gasteiger partial charge in [-0.05, 0) is 29.2 Å². The minimum atomic E-state index is -4.75. The molecule has 1 aromatic carbocycles. The van der Waals surface area contributed by atoms with E-state index in [9.17, 15) is 21.6 Å². The van der Waals surface area contributed by atoms with Crippen molar-refractivity contribution in [2.24, 2.45) is 5.41 Å². The van der Waals surface area contributed by atoms with Crippen LogP contribution >= 0.6 is 0 Å². The van der Waals surface area contributed by atoms with Gasteiger partial charge in [0, 0.05) is 61.6 Å². The first-order valence-corrected chi connectivity index (χ1v) is 11.5. The molecule has 0 spiro atoms. The summed E-state index contributed by atoms with van der Waals surface area (Å²) in [5.41, 5.74) is -0.952. The van der Waals surface area contributed by atoms with Gasteiger partial charge in [0.05, 0.1) is 0 Å². The monoisotopic (exact) mass is 486 g/mol. The molecule has 0 fully saturated rings. The third-order valence-electron chi connectivity index (χ3n) is 4.99. The molecular weight excluding hydrogens is 460 g/mol. The van der Waals surface area contributed by atoms with E-state index < -0.39 is 27.9 Å². The summed E-state index contributed by atoms with van der Waals surface area (Å²) in [7, 11) is -0.971. The maximum Gasteiger partial charge on any atom is 0.433 e. The van der Waals surface area contributed by atoms with Gasteiger partial charge in [0.2, 0.25) is 0 Å². The van der Waals surface area contributed by atoms with E-state index >= 15 is 4.39 Å². The molecule has 0 bridgehead atoms. The Labute approximate surface area is 190 Å². The Hall–Kier alpha value is -2.50. The smallest absolute Gasteiger partial charge is 0.347 e. The average molecular weight is 487 g/mol. The predicted molar refractivity (Wildman–Crippen MR) is 119 cm³/mol. The van der Waals surface area contributed by atoms with Gasteiger partial charge in [0.25, 0.3) is 10.2 Å². The summed E-state index contributed by atoms with van der Waals surface area (Å²) >= 11 is 0. The lowest BCUT2D eigenvalue weighted by molar-refractivity contribution is -0.140. The van der Waals surface area contributed by atoms with E-state index in [1.165, 1.54) is 32.3 Å². The predicted octanol–water partition coefficient (Wildman–Crippen LogP) is 4.80. The van der Waals surface area contributed by atoms with Crippen LogP contribution in [0.4, 0.5) is 17.6 Å². The van der Waals surface area contributed by atoms with Crippen LogP contribution in [0.2, 0.25) is 0 Å². The van der Waals surface area contributed by atoms with E-state index in [-0.39, 0.29) is 23.1 Å². The van der Waals surface area contributed by atoms with E-state index in [0.29, 0.717) is 23.0 Å². The van der Waals surface area contributed by atoms with Crippen LogP contribution < -0.4 is 4.72 Å². The molecule has 6 nitrogen and oxygen atoms in total. The van der Waals surface area contributed by atoms with Gasteiger partial charge in [-0.15, -0.1) is 0 Å². The molecule has 1 N–H and O–H groups in total. The number of hydrogen-bond donors (Lipinski definition) is 1. The first-order chi connectivity index (χ1) is 15.1. The summed E-state index contributed by atoms with van der Waals surface area (Å²) in [5.74, 6) is -0.855. The van der Waals surface area contributed by atoms with Crippen molar-refractivity contribution in [1.82, 2.24) is 18.6 Å². The zero-order valence-corrected chi connectivity index (χ0v) is 19.8. The van der Waals surface area contributed by atoms with Gasteiger partial charge in [-0.25, -0.2) is 4.39 Å². The zero-order valence-electron chi connectivity index (χ0n) is 19.0. The summed E-state index contributed by atoms with van der Waals surface area (Å²) in [5, 5.41) is 0.416. The van der Waals surface area contributed by atoms with Crippen molar-refractivity contribution >= 4 is 21.1 Å². The fourth-order valence-corrected chi connectivity index (χ4v) is 4.12. The van der Waals surface area contributed by atoms with Crippen molar-refractivity contribution in [3.63, 3.8) is 0 Å². The summed E-state index contributed by atoms with van der Waals surface area (Å²) in [6, 6.07) is 5.02. The standard InChI is InChI=1S/C22H26F4N4O2S/c1-21(2,3)13-30-12-14(11-28-33(31,32)29(4)5)16-9-18(23)17(10-19(16)30)15-7-6-8-27-20(15)22(24,25)26/h6-10,12,28H,11,13H2,1-5H3. The Balaban J connectivity index is 2.20. The number of aromatic nitrogens is 2. The molecule has 0 aliphatic rings. The fraction of sp³-hybridized carbons (Fsp3) is 0.409. The highest BCUT2D eigenvalue weighted by atomic mass is 32.2. The number of pyridine rings is 1. The molecule has 0 radical (unpaired) electrons. The Morgan fingerprint density at radius 3 is 2.36 bits per heavy atom. The van der Waals surface area contributed by atoms with Crippen LogP contribution in [0.3, 0.4) is 0 Å². The Morgan fingerprint density at radius 2 is 1.79 bits per heavy atom. The van der Waals surface area contributed by atoms with E-state index in [1.807, 2.05) is 20.8 Å². The third kappa shape index (κ3) is 5.53. The molecule has 3 aromatic rings. The number of nitrogens with one attached hydrogen (secondary N) is 1. The highest BCUT2D eigenvalue weighted by Crippen LogP contribution is 2.38. The molecule has 0 saturated heterocycles. The van der Waals surface area contributed by atoms with Gasteiger partial charge < -0.3 is 4.57 Å². The topological polar surface area (TPSA) is 67.2 Å². The SMILES string of the molecule is CN(C)S(=O)(=O)NCc1cn(CC(C)(C)C)c2cc(-c3cccnc3C(F)(F)F)c(F)cc12. The van der Waals surface area contributed by atoms with Gasteiger partial charge in [-0.2, -0.15) is 30.6 Å². The molecule has 0 unspecified atom stereocenters. The molecule has 0 atom stereocenters. The van der Waals surface area contributed by atoms with Crippen molar-refractivity contribution in [3.8, 4) is 11.1 Å². The Kier molecular flexibility index (Phi) is 6.62. The second kappa shape index (κ2) is 8.69. The van der Waals surface area contributed by atoms with Crippen LogP contribution in [0.5, 0.6) is 0 Å². The molecule has 33 heavy (non-hydrogen) atoms. The number of rotatable bonds is 6. The number of hydrogen-bond acceptors (Lipinski definition) is 3. The second-order valence-corrected chi connectivity index (χ2v) is 11.2. The summed E-state index contributed by atoms with van der Waals surface area (Å²) in [6.07, 6.45) is -2.04. The molecule has 0 amide bonds. The third-order valence-corrected chi connectivity index (χ3v) is 6.46. The van der Waals surface area contributed by atoms with E-state index in [1.54, 1.807) is 10.8 Å². The van der Waals surface area contributed by atoms with Crippen LogP contribution in [0.1, 0.15) is 32.0 Å². The van der Waals surface area contributed by atoms with Crippen LogP contribution in [-0.4, -0.2) is 36.4 Å². The number of alkyl halides is 3. The minimum Gasteiger partial charge on any atom is -0.347 e. The van der Waals surface area contributed by atoms with Gasteiger partial charge in [-0.1, -0.05) is 26.8 Å². The molecule has 2 aromatic heterocycles. The lowest BCUT2D eigenvalue weighted by Crippen LogP contribution is -2.35. The summed E-state index contributed by atoms with van der Waals surface area (Å²) < 4.78 is 85.2. The molecule has 0 aliphatic carbocycles. The van der Waals surface area contributed by atoms with Crippen LogP contribution in [0, 0.1) is 11.2 Å². The van der Waals surface area contributed by atoms with Crippen LogP contribution in [0.15, 0.2) is 36.7 Å². The first kappa shape index (κ1) is 25.1. The average Bonchev–Trinajstić information content (AvgIpc) is 2.99. The van der Waals surface area contributed by atoms with Crippen molar-refractivity contribution in [2.45, 2.75) is 40.0 Å². The van der Waals surface area contributed by atoms with E-state index in [2.05, 4.69) is 9.71 Å². The van der Waals surface area contributed by atoms with Gasteiger partial charge >= 0.3 is 6.18 Å². The molecule has 0 saturated carbocycles. The van der Waals surface area contributed by atoms with Gasteiger partial charge in [-0.3, -0.25) is 4.98 Å². The maximum atomic E-state index is 15.2. The van der Waals surface area contributed by atoms with Gasteiger partial charge in [0.1, 0.15) is 5.82 Å². The number of nitrogens with zero attached hydrogens (tertiary/aromatic N) is 3. The fourth-order valence-electron chi connectivity index (χ4n) is 3.52. The van der Waals surface area contributed by atoms with Crippen molar-refractivity contribution in [2.75, 3.05) is 14.1 Å². The highest BCUT2D eigenvalue weighted by molar-refractivity contribution is 7.87. The van der Waals surface area contributed by atoms with Crippen molar-refractivity contribution in [3.05, 3.63) is 53.7 Å². The molecule has 180 valence electrons.